The average molecular weight is 313 g/mol. The molecule has 0 bridgehead atoms. The van der Waals surface area contributed by atoms with Gasteiger partial charge in [-0.1, -0.05) is 0 Å². The first-order valence-corrected chi connectivity index (χ1v) is 6.18. The van der Waals surface area contributed by atoms with Crippen molar-refractivity contribution in [3.63, 3.8) is 0 Å². The van der Waals surface area contributed by atoms with Gasteiger partial charge < -0.3 is 4.74 Å². The molecule has 0 aliphatic rings. The van der Waals surface area contributed by atoms with Crippen molar-refractivity contribution in [1.29, 1.82) is 0 Å². The zero-order chi connectivity index (χ0) is 13.5. The van der Waals surface area contributed by atoms with Crippen LogP contribution in [-0.4, -0.2) is 31.4 Å². The maximum atomic E-state index is 12.0. The Morgan fingerprint density at radius 2 is 2.11 bits per heavy atom. The Kier molecular flexibility index (Phi) is 3.10. The van der Waals surface area contributed by atoms with Gasteiger partial charge in [0.2, 0.25) is 0 Å². The monoisotopic (exact) mass is 312 g/mol. The van der Waals surface area contributed by atoms with Crippen LogP contribution in [0.15, 0.2) is 10.8 Å². The molecule has 0 aliphatic carbocycles. The van der Waals surface area contributed by atoms with Gasteiger partial charge in [-0.2, -0.15) is 5.10 Å². The Hall–Kier alpha value is -1.50. The molecule has 0 saturated heterocycles. The van der Waals surface area contributed by atoms with E-state index in [-0.39, 0.29) is 0 Å². The van der Waals surface area contributed by atoms with Crippen LogP contribution in [0.5, 0.6) is 0 Å². The lowest BCUT2D eigenvalue weighted by molar-refractivity contribution is 0.0521. The van der Waals surface area contributed by atoms with Crippen molar-refractivity contribution in [1.82, 2.24) is 19.7 Å². The summed E-state index contributed by atoms with van der Waals surface area (Å²) in [6.45, 7) is 7.16. The summed E-state index contributed by atoms with van der Waals surface area (Å²) in [5.41, 5.74) is 1.02. The minimum Gasteiger partial charge on any atom is -0.442 e. The molecule has 0 fully saturated rings. The molecule has 0 aromatic carbocycles. The second-order valence-corrected chi connectivity index (χ2v) is 5.65. The summed E-state index contributed by atoms with van der Waals surface area (Å²) in [6, 6.07) is 0. The van der Waals surface area contributed by atoms with Crippen LogP contribution in [0.25, 0.3) is 11.2 Å². The molecule has 0 amide bonds. The number of aryl methyl sites for hydroxylation is 1. The first-order chi connectivity index (χ1) is 8.28. The third-order valence-corrected chi connectivity index (χ3v) is 2.47. The van der Waals surface area contributed by atoms with Gasteiger partial charge in [0, 0.05) is 0 Å². The summed E-state index contributed by atoms with van der Waals surface area (Å²) in [4.78, 5) is 20.4. The van der Waals surface area contributed by atoms with Gasteiger partial charge >= 0.3 is 6.09 Å². The minimum atomic E-state index is -0.577. The van der Waals surface area contributed by atoms with Gasteiger partial charge in [0.1, 0.15) is 15.7 Å². The number of carbonyl (C=O) groups excluding carboxylic acids is 1. The Bertz CT molecular complexity index is 615. The van der Waals surface area contributed by atoms with E-state index in [4.69, 9.17) is 4.74 Å². The highest BCUT2D eigenvalue weighted by molar-refractivity contribution is 9.10. The fourth-order valence-electron chi connectivity index (χ4n) is 1.44. The largest absolute Gasteiger partial charge is 0.442 e. The van der Waals surface area contributed by atoms with Gasteiger partial charge in [-0.3, -0.25) is 0 Å². The summed E-state index contributed by atoms with van der Waals surface area (Å²) in [5, 5.41) is 4.11. The van der Waals surface area contributed by atoms with Gasteiger partial charge in [0.15, 0.2) is 5.65 Å². The van der Waals surface area contributed by atoms with E-state index in [1.54, 1.807) is 27.7 Å². The van der Waals surface area contributed by atoms with E-state index in [9.17, 15) is 4.79 Å². The predicted octanol–water partition coefficient (Wildman–Crippen LogP) is 2.68. The van der Waals surface area contributed by atoms with Crippen LogP contribution in [0.3, 0.4) is 0 Å². The Morgan fingerprint density at radius 3 is 2.72 bits per heavy atom. The van der Waals surface area contributed by atoms with Crippen LogP contribution >= 0.6 is 15.9 Å². The Morgan fingerprint density at radius 1 is 1.44 bits per heavy atom. The fraction of sp³-hybridized carbons (Fsp3) is 0.455. The van der Waals surface area contributed by atoms with Gasteiger partial charge in [-0.15, -0.1) is 4.68 Å². The quantitative estimate of drug-likeness (QED) is 0.748. The van der Waals surface area contributed by atoms with Crippen molar-refractivity contribution < 1.29 is 9.53 Å². The van der Waals surface area contributed by atoms with Crippen LogP contribution in [-0.2, 0) is 4.74 Å². The van der Waals surface area contributed by atoms with Crippen molar-refractivity contribution in [2.24, 2.45) is 0 Å². The number of nitrogens with zero attached hydrogens (tertiary/aromatic N) is 4. The first kappa shape index (κ1) is 12.9. The first-order valence-electron chi connectivity index (χ1n) is 5.39. The molecule has 0 aliphatic heterocycles. The lowest BCUT2D eigenvalue weighted by Gasteiger charge is -2.18. The van der Waals surface area contributed by atoms with Crippen LogP contribution in [0.4, 0.5) is 4.79 Å². The van der Waals surface area contributed by atoms with E-state index in [2.05, 4.69) is 31.0 Å². The molecule has 2 rings (SSSR count). The molecule has 2 aromatic heterocycles. The zero-order valence-corrected chi connectivity index (χ0v) is 12.1. The van der Waals surface area contributed by atoms with Crippen LogP contribution < -0.4 is 0 Å². The molecule has 0 spiro atoms. The van der Waals surface area contributed by atoms with Crippen molar-refractivity contribution in [3.8, 4) is 0 Å². The number of ether oxygens (including phenoxy) is 1. The second-order valence-electron chi connectivity index (χ2n) is 4.84. The van der Waals surface area contributed by atoms with E-state index < -0.39 is 11.7 Å². The van der Waals surface area contributed by atoms with Crippen LogP contribution in [0.1, 0.15) is 26.5 Å². The summed E-state index contributed by atoms with van der Waals surface area (Å²) in [7, 11) is 0. The summed E-state index contributed by atoms with van der Waals surface area (Å²) < 4.78 is 6.99. The molecule has 0 saturated carbocycles. The molecule has 7 heteroatoms. The van der Waals surface area contributed by atoms with Crippen molar-refractivity contribution in [2.75, 3.05) is 0 Å². The molecule has 18 heavy (non-hydrogen) atoms. The van der Waals surface area contributed by atoms with Gasteiger partial charge in [-0.05, 0) is 43.6 Å². The maximum Gasteiger partial charge on any atom is 0.437 e. The standard InChI is InChI=1S/C11H13BrN4O2/c1-6-8-9(13-5-7(12)14-8)16(15-6)10(17)18-11(2,3)4/h5H,1-4H3. The maximum absolute atomic E-state index is 12.0. The van der Waals surface area contributed by atoms with Gasteiger partial charge in [0.25, 0.3) is 0 Å². The van der Waals surface area contributed by atoms with Crippen LogP contribution in [0.2, 0.25) is 0 Å². The van der Waals surface area contributed by atoms with Crippen molar-refractivity contribution in [2.45, 2.75) is 33.3 Å². The number of aromatic nitrogens is 4. The number of rotatable bonds is 0. The molecular formula is C11H13BrN4O2. The third kappa shape index (κ3) is 2.50. The molecule has 2 heterocycles. The number of hydrogen-bond acceptors (Lipinski definition) is 5. The Balaban J connectivity index is 2.49. The minimum absolute atomic E-state index is 0.393. The highest BCUT2D eigenvalue weighted by atomic mass is 79.9. The molecule has 96 valence electrons. The highest BCUT2D eigenvalue weighted by Gasteiger charge is 2.22. The summed E-state index contributed by atoms with van der Waals surface area (Å²) >= 11 is 3.23. The topological polar surface area (TPSA) is 69.9 Å². The van der Waals surface area contributed by atoms with E-state index in [0.717, 1.165) is 4.68 Å². The van der Waals surface area contributed by atoms with Gasteiger partial charge in [-0.25, -0.2) is 14.8 Å². The molecular weight excluding hydrogens is 300 g/mol. The fourth-order valence-corrected chi connectivity index (χ4v) is 1.72. The lowest BCUT2D eigenvalue weighted by atomic mass is 10.2. The van der Waals surface area contributed by atoms with Crippen LogP contribution in [0, 0.1) is 6.92 Å². The number of halogens is 1. The highest BCUT2D eigenvalue weighted by Crippen LogP contribution is 2.18. The molecule has 2 aromatic rings. The number of fused-ring (bicyclic) bond motifs is 1. The third-order valence-electron chi connectivity index (χ3n) is 2.08. The molecule has 0 unspecified atom stereocenters. The lowest BCUT2D eigenvalue weighted by Crippen LogP contribution is -2.27. The van der Waals surface area contributed by atoms with Crippen molar-refractivity contribution >= 4 is 33.2 Å². The van der Waals surface area contributed by atoms with E-state index in [1.807, 2.05) is 0 Å². The number of carbonyl (C=O) groups is 1. The van der Waals surface area contributed by atoms with Crippen molar-refractivity contribution in [3.05, 3.63) is 16.5 Å². The SMILES string of the molecule is Cc1nn(C(=O)OC(C)(C)C)c2ncc(Br)nc12. The van der Waals surface area contributed by atoms with E-state index >= 15 is 0 Å². The predicted molar refractivity (Wildman–Crippen MR) is 69.4 cm³/mol. The molecule has 0 N–H and O–H groups in total. The molecule has 0 atom stereocenters. The molecule has 0 radical (unpaired) electrons. The second kappa shape index (κ2) is 4.31. The normalized spacial score (nSPS) is 11.8. The zero-order valence-electron chi connectivity index (χ0n) is 10.6. The van der Waals surface area contributed by atoms with E-state index in [1.165, 1.54) is 6.20 Å². The smallest absolute Gasteiger partial charge is 0.437 e. The van der Waals surface area contributed by atoms with Gasteiger partial charge in [0.05, 0.1) is 11.9 Å². The summed E-state index contributed by atoms with van der Waals surface area (Å²) in [5.74, 6) is 0. The number of hydrogen-bond donors (Lipinski definition) is 0. The molecule has 6 nitrogen and oxygen atoms in total. The van der Waals surface area contributed by atoms with E-state index in [0.29, 0.717) is 21.5 Å². The Labute approximate surface area is 112 Å². The average Bonchev–Trinajstić information content (AvgIpc) is 2.54. The summed E-state index contributed by atoms with van der Waals surface area (Å²) in [6.07, 6.45) is 0.960.